The third-order valence-corrected chi connectivity index (χ3v) is 5.30. The molecule has 7 nitrogen and oxygen atoms in total. The minimum Gasteiger partial charge on any atom is -0.495 e. The van der Waals surface area contributed by atoms with Gasteiger partial charge in [0.2, 0.25) is 15.9 Å². The number of carbonyl (C=O) groups is 1. The second-order valence-corrected chi connectivity index (χ2v) is 7.45. The molecule has 0 spiro atoms. The largest absolute Gasteiger partial charge is 0.495 e. The molecular formula is C17H19ClN2O5S. The highest BCUT2D eigenvalue weighted by Crippen LogP contribution is 2.27. The Bertz CT molecular complexity index is 902. The maximum Gasteiger partial charge on any atom is 0.245 e. The minimum atomic E-state index is -4.03. The zero-order valence-corrected chi connectivity index (χ0v) is 16.0. The van der Waals surface area contributed by atoms with Crippen LogP contribution >= 0.6 is 11.6 Å². The molecule has 0 fully saturated rings. The van der Waals surface area contributed by atoms with E-state index < -0.39 is 22.0 Å². The molecule has 2 aromatic carbocycles. The number of ether oxygens (including phenoxy) is 2. The van der Waals surface area contributed by atoms with Crippen molar-refractivity contribution in [3.63, 3.8) is 0 Å². The first-order chi connectivity index (χ1) is 12.3. The number of halogens is 1. The number of methoxy groups -OCH3 is 2. The summed E-state index contributed by atoms with van der Waals surface area (Å²) in [5, 5.41) is 2.86. The van der Waals surface area contributed by atoms with E-state index in [2.05, 4.69) is 10.0 Å². The van der Waals surface area contributed by atoms with Crippen LogP contribution in [-0.4, -0.2) is 34.6 Å². The predicted molar refractivity (Wildman–Crippen MR) is 99.4 cm³/mol. The van der Waals surface area contributed by atoms with E-state index in [1.54, 1.807) is 24.3 Å². The monoisotopic (exact) mass is 398 g/mol. The summed E-state index contributed by atoms with van der Waals surface area (Å²) >= 11 is 5.88. The standard InChI is InChI=1S/C17H19ClN2O5S/c1-11(17(21)19-13-6-4-5-7-14(13)24-2)20-26(22,23)16-10-12(18)8-9-15(16)25-3/h4-11,20H,1-3H3,(H,19,21)/t11-/m1/s1. The average molecular weight is 399 g/mol. The molecular weight excluding hydrogens is 380 g/mol. The summed E-state index contributed by atoms with van der Waals surface area (Å²) in [6, 6.07) is 9.98. The second kappa shape index (κ2) is 8.39. The van der Waals surface area contributed by atoms with Crippen molar-refractivity contribution in [2.45, 2.75) is 17.9 Å². The number of hydrogen-bond donors (Lipinski definition) is 2. The van der Waals surface area contributed by atoms with Gasteiger partial charge >= 0.3 is 0 Å². The maximum absolute atomic E-state index is 12.6. The van der Waals surface area contributed by atoms with Crippen molar-refractivity contribution in [3.8, 4) is 11.5 Å². The SMILES string of the molecule is COc1ccccc1NC(=O)[C@@H](C)NS(=O)(=O)c1cc(Cl)ccc1OC. The number of benzene rings is 2. The van der Waals surface area contributed by atoms with Gasteiger partial charge in [-0.25, -0.2) is 8.42 Å². The number of rotatable bonds is 7. The topological polar surface area (TPSA) is 93.7 Å². The summed E-state index contributed by atoms with van der Waals surface area (Å²) in [6.45, 7) is 1.43. The van der Waals surface area contributed by atoms with E-state index >= 15 is 0 Å². The van der Waals surface area contributed by atoms with Crippen LogP contribution in [0.1, 0.15) is 6.92 Å². The minimum absolute atomic E-state index is 0.124. The van der Waals surface area contributed by atoms with E-state index in [4.69, 9.17) is 21.1 Å². The number of amides is 1. The van der Waals surface area contributed by atoms with Crippen molar-refractivity contribution in [1.82, 2.24) is 4.72 Å². The molecule has 140 valence electrons. The number of sulfonamides is 1. The molecule has 0 saturated heterocycles. The van der Waals surface area contributed by atoms with Crippen LogP contribution in [0.2, 0.25) is 5.02 Å². The van der Waals surface area contributed by atoms with E-state index in [0.717, 1.165) is 0 Å². The first-order valence-electron chi connectivity index (χ1n) is 7.58. The molecule has 0 saturated carbocycles. The highest BCUT2D eigenvalue weighted by Gasteiger charge is 2.25. The van der Waals surface area contributed by atoms with Gasteiger partial charge in [0.1, 0.15) is 16.4 Å². The fraction of sp³-hybridized carbons (Fsp3) is 0.235. The molecule has 0 heterocycles. The summed E-state index contributed by atoms with van der Waals surface area (Å²) in [5.41, 5.74) is 0.436. The average Bonchev–Trinajstić information content (AvgIpc) is 2.61. The Morgan fingerprint density at radius 3 is 2.38 bits per heavy atom. The zero-order chi connectivity index (χ0) is 19.3. The van der Waals surface area contributed by atoms with E-state index in [1.807, 2.05) is 0 Å². The van der Waals surface area contributed by atoms with Crippen molar-refractivity contribution < 1.29 is 22.7 Å². The van der Waals surface area contributed by atoms with Crippen molar-refractivity contribution in [2.75, 3.05) is 19.5 Å². The number of para-hydroxylation sites is 2. The third kappa shape index (κ3) is 4.66. The van der Waals surface area contributed by atoms with Crippen LogP contribution in [0.5, 0.6) is 11.5 Å². The van der Waals surface area contributed by atoms with Crippen LogP contribution in [0.25, 0.3) is 0 Å². The highest BCUT2D eigenvalue weighted by molar-refractivity contribution is 7.89. The molecule has 2 rings (SSSR count). The lowest BCUT2D eigenvalue weighted by atomic mass is 10.2. The summed E-state index contributed by atoms with van der Waals surface area (Å²) in [6.07, 6.45) is 0. The van der Waals surface area contributed by atoms with Crippen LogP contribution in [-0.2, 0) is 14.8 Å². The number of hydrogen-bond acceptors (Lipinski definition) is 5. The van der Waals surface area contributed by atoms with Gasteiger partial charge in [-0.15, -0.1) is 0 Å². The first kappa shape index (κ1) is 20.0. The van der Waals surface area contributed by atoms with E-state index in [-0.39, 0.29) is 15.7 Å². The van der Waals surface area contributed by atoms with Crippen molar-refractivity contribution in [2.24, 2.45) is 0 Å². The molecule has 1 atom stereocenters. The van der Waals surface area contributed by atoms with Gasteiger partial charge in [-0.2, -0.15) is 4.72 Å². The van der Waals surface area contributed by atoms with Crippen LogP contribution in [0, 0.1) is 0 Å². The fourth-order valence-electron chi connectivity index (χ4n) is 2.20. The Morgan fingerprint density at radius 1 is 1.08 bits per heavy atom. The van der Waals surface area contributed by atoms with Gasteiger partial charge in [-0.1, -0.05) is 23.7 Å². The van der Waals surface area contributed by atoms with Crippen molar-refractivity contribution in [1.29, 1.82) is 0 Å². The van der Waals surface area contributed by atoms with Gasteiger partial charge in [-0.05, 0) is 37.3 Å². The number of anilines is 1. The van der Waals surface area contributed by atoms with Gasteiger partial charge in [0.05, 0.1) is 25.9 Å². The normalized spacial score (nSPS) is 12.3. The Labute approximate surface area is 157 Å². The molecule has 2 aromatic rings. The molecule has 2 N–H and O–H groups in total. The molecule has 26 heavy (non-hydrogen) atoms. The molecule has 0 unspecified atom stereocenters. The molecule has 0 aliphatic rings. The summed E-state index contributed by atoms with van der Waals surface area (Å²) in [4.78, 5) is 12.2. The maximum atomic E-state index is 12.6. The van der Waals surface area contributed by atoms with Gasteiger partial charge in [-0.3, -0.25) is 4.79 Å². The molecule has 0 aromatic heterocycles. The number of nitrogens with one attached hydrogen (secondary N) is 2. The predicted octanol–water partition coefficient (Wildman–Crippen LogP) is 2.66. The van der Waals surface area contributed by atoms with Gasteiger partial charge < -0.3 is 14.8 Å². The van der Waals surface area contributed by atoms with Crippen LogP contribution < -0.4 is 19.5 Å². The molecule has 9 heteroatoms. The number of carbonyl (C=O) groups excluding carboxylic acids is 1. The van der Waals surface area contributed by atoms with Crippen molar-refractivity contribution in [3.05, 3.63) is 47.5 Å². The van der Waals surface area contributed by atoms with E-state index in [9.17, 15) is 13.2 Å². The molecule has 0 radical (unpaired) electrons. The Morgan fingerprint density at radius 2 is 1.73 bits per heavy atom. The quantitative estimate of drug-likeness (QED) is 0.747. The Kier molecular flexibility index (Phi) is 6.47. The van der Waals surface area contributed by atoms with Gasteiger partial charge in [0.15, 0.2) is 0 Å². The smallest absolute Gasteiger partial charge is 0.245 e. The molecule has 0 bridgehead atoms. The van der Waals surface area contributed by atoms with Crippen LogP contribution in [0.4, 0.5) is 5.69 Å². The van der Waals surface area contributed by atoms with Gasteiger partial charge in [0, 0.05) is 5.02 Å². The fourth-order valence-corrected chi connectivity index (χ4v) is 3.83. The third-order valence-electron chi connectivity index (χ3n) is 3.51. The second-order valence-electron chi connectivity index (χ2n) is 5.33. The summed E-state index contributed by atoms with van der Waals surface area (Å²) < 4.78 is 37.7. The van der Waals surface area contributed by atoms with E-state index in [1.165, 1.54) is 39.3 Å². The lowest BCUT2D eigenvalue weighted by molar-refractivity contribution is -0.117. The lowest BCUT2D eigenvalue weighted by Crippen LogP contribution is -2.41. The Hall–Kier alpha value is -2.29. The molecule has 0 aliphatic heterocycles. The zero-order valence-electron chi connectivity index (χ0n) is 14.4. The molecule has 0 aliphatic carbocycles. The first-order valence-corrected chi connectivity index (χ1v) is 9.44. The molecule has 1 amide bonds. The summed E-state index contributed by atoms with van der Waals surface area (Å²) in [5.74, 6) is 0.0470. The van der Waals surface area contributed by atoms with Crippen molar-refractivity contribution >= 4 is 33.2 Å². The van der Waals surface area contributed by atoms with Gasteiger partial charge in [0.25, 0.3) is 0 Å². The highest BCUT2D eigenvalue weighted by atomic mass is 35.5. The summed E-state index contributed by atoms with van der Waals surface area (Å²) in [7, 11) is -1.21. The van der Waals surface area contributed by atoms with Crippen LogP contribution in [0.15, 0.2) is 47.4 Å². The lowest BCUT2D eigenvalue weighted by Gasteiger charge is -2.17. The van der Waals surface area contributed by atoms with Crippen LogP contribution in [0.3, 0.4) is 0 Å². The van der Waals surface area contributed by atoms with E-state index in [0.29, 0.717) is 11.4 Å². The Balaban J connectivity index is 2.19.